The molecule has 0 unspecified atom stereocenters. The highest BCUT2D eigenvalue weighted by atomic mass is 14.2. The van der Waals surface area contributed by atoms with Gasteiger partial charge in [0.15, 0.2) is 0 Å². The summed E-state index contributed by atoms with van der Waals surface area (Å²) in [5.74, 6) is 0. The van der Waals surface area contributed by atoms with Crippen LogP contribution in [-0.4, -0.2) is 0 Å². The van der Waals surface area contributed by atoms with Crippen LogP contribution in [0.5, 0.6) is 0 Å². The fraction of sp³-hybridized carbons (Fsp3) is 0.571. The van der Waals surface area contributed by atoms with Crippen molar-refractivity contribution in [3.8, 4) is 0 Å². The minimum Gasteiger partial charge on any atom is -0.0713 e. The average molecular weight is 190 g/mol. The van der Waals surface area contributed by atoms with Crippen LogP contribution in [0.4, 0.5) is 0 Å². The molecule has 0 nitrogen and oxygen atoms in total. The second-order valence-electron chi connectivity index (χ2n) is 5.42. The summed E-state index contributed by atoms with van der Waals surface area (Å²) in [7, 11) is 0. The number of hydrogen-bond acceptors (Lipinski definition) is 0. The van der Waals surface area contributed by atoms with Crippen LogP contribution < -0.4 is 0 Å². The van der Waals surface area contributed by atoms with Gasteiger partial charge in [-0.2, -0.15) is 0 Å². The first-order valence-corrected chi connectivity index (χ1v) is 5.33. The van der Waals surface area contributed by atoms with Gasteiger partial charge in [-0.05, 0) is 61.0 Å². The van der Waals surface area contributed by atoms with Crippen molar-refractivity contribution in [1.82, 2.24) is 0 Å². The Labute approximate surface area is 88.4 Å². The van der Waals surface area contributed by atoms with E-state index in [0.717, 1.165) is 0 Å². The topological polar surface area (TPSA) is 0 Å². The zero-order valence-corrected chi connectivity index (χ0v) is 10.6. The highest BCUT2D eigenvalue weighted by molar-refractivity contribution is 5.61. The molecule has 0 radical (unpaired) electrons. The van der Waals surface area contributed by atoms with Crippen LogP contribution in [0, 0.1) is 5.41 Å². The van der Waals surface area contributed by atoms with Crippen molar-refractivity contribution in [3.63, 3.8) is 0 Å². The molecule has 1 aliphatic carbocycles. The Balaban J connectivity index is 3.23. The molecule has 0 saturated heterocycles. The lowest BCUT2D eigenvalue weighted by Crippen LogP contribution is -2.02. The van der Waals surface area contributed by atoms with Crippen molar-refractivity contribution >= 4 is 0 Å². The average Bonchev–Trinajstić information content (AvgIpc) is 2.20. The molecule has 0 spiro atoms. The Morgan fingerprint density at radius 3 is 1.36 bits per heavy atom. The van der Waals surface area contributed by atoms with E-state index in [1.807, 2.05) is 0 Å². The van der Waals surface area contributed by atoms with Gasteiger partial charge >= 0.3 is 0 Å². The van der Waals surface area contributed by atoms with Gasteiger partial charge in [0.1, 0.15) is 0 Å². The van der Waals surface area contributed by atoms with Crippen LogP contribution in [0.3, 0.4) is 0 Å². The van der Waals surface area contributed by atoms with Crippen molar-refractivity contribution in [2.45, 2.75) is 48.5 Å². The van der Waals surface area contributed by atoms with Crippen molar-refractivity contribution < 1.29 is 0 Å². The smallest absolute Gasteiger partial charge is 0.0194 e. The van der Waals surface area contributed by atoms with E-state index in [0.29, 0.717) is 0 Å². The van der Waals surface area contributed by atoms with Gasteiger partial charge in [-0.3, -0.25) is 0 Å². The Morgan fingerprint density at radius 2 is 1.07 bits per heavy atom. The van der Waals surface area contributed by atoms with Gasteiger partial charge in [0, 0.05) is 0 Å². The molecule has 0 saturated carbocycles. The molecule has 0 bridgehead atoms. The summed E-state index contributed by atoms with van der Waals surface area (Å²) < 4.78 is 0. The van der Waals surface area contributed by atoms with Crippen LogP contribution in [0.25, 0.3) is 0 Å². The normalized spacial score (nSPS) is 18.4. The minimum atomic E-state index is 0.267. The number of rotatable bonds is 0. The summed E-state index contributed by atoms with van der Waals surface area (Å²) >= 11 is 0. The summed E-state index contributed by atoms with van der Waals surface area (Å²) in [4.78, 5) is 0. The molecular formula is C14H22. The first kappa shape index (κ1) is 11.3. The molecule has 78 valence electrons. The predicted molar refractivity (Wildman–Crippen MR) is 64.3 cm³/mol. The SMILES string of the molecule is CC1=C(C)C(C)=C(C)C1=CC(C)(C)C. The van der Waals surface area contributed by atoms with E-state index in [2.05, 4.69) is 54.5 Å². The lowest BCUT2D eigenvalue weighted by molar-refractivity contribution is 0.541. The van der Waals surface area contributed by atoms with Gasteiger partial charge in [-0.15, -0.1) is 0 Å². The summed E-state index contributed by atoms with van der Waals surface area (Å²) in [5.41, 5.74) is 7.54. The van der Waals surface area contributed by atoms with Gasteiger partial charge in [0.25, 0.3) is 0 Å². The van der Waals surface area contributed by atoms with Gasteiger partial charge in [0.2, 0.25) is 0 Å². The third kappa shape index (κ3) is 2.00. The zero-order chi connectivity index (χ0) is 11.1. The maximum Gasteiger partial charge on any atom is -0.0194 e. The first-order valence-electron chi connectivity index (χ1n) is 5.33. The Kier molecular flexibility index (Phi) is 2.76. The molecule has 0 fully saturated rings. The van der Waals surface area contributed by atoms with Gasteiger partial charge in [-0.1, -0.05) is 26.8 Å². The monoisotopic (exact) mass is 190 g/mol. The van der Waals surface area contributed by atoms with Crippen molar-refractivity contribution in [2.75, 3.05) is 0 Å². The second kappa shape index (κ2) is 3.42. The quantitative estimate of drug-likeness (QED) is 0.522. The van der Waals surface area contributed by atoms with Crippen molar-refractivity contribution in [2.24, 2.45) is 5.41 Å². The van der Waals surface area contributed by atoms with Crippen LogP contribution in [0.1, 0.15) is 48.5 Å². The predicted octanol–water partition coefficient (Wildman–Crippen LogP) is 4.65. The lowest BCUT2D eigenvalue weighted by Gasteiger charge is -2.15. The maximum atomic E-state index is 2.39. The third-order valence-electron chi connectivity index (χ3n) is 3.07. The van der Waals surface area contributed by atoms with Gasteiger partial charge < -0.3 is 0 Å². The molecule has 0 N–H and O–H groups in total. The molecule has 0 aliphatic heterocycles. The van der Waals surface area contributed by atoms with Crippen LogP contribution >= 0.6 is 0 Å². The van der Waals surface area contributed by atoms with Crippen LogP contribution in [0.2, 0.25) is 0 Å². The third-order valence-corrected chi connectivity index (χ3v) is 3.07. The summed E-state index contributed by atoms with van der Waals surface area (Å²) in [6.07, 6.45) is 2.39. The van der Waals surface area contributed by atoms with Gasteiger partial charge in [-0.25, -0.2) is 0 Å². The fourth-order valence-corrected chi connectivity index (χ4v) is 1.90. The molecule has 1 rings (SSSR count). The second-order valence-corrected chi connectivity index (χ2v) is 5.42. The molecule has 0 heteroatoms. The number of allylic oxidation sites excluding steroid dienone is 6. The molecule has 0 aromatic heterocycles. The van der Waals surface area contributed by atoms with Crippen molar-refractivity contribution in [1.29, 1.82) is 0 Å². The maximum absolute atomic E-state index is 2.39. The van der Waals surface area contributed by atoms with E-state index in [9.17, 15) is 0 Å². The summed E-state index contributed by atoms with van der Waals surface area (Å²) in [5, 5.41) is 0. The lowest BCUT2D eigenvalue weighted by atomic mass is 9.90. The van der Waals surface area contributed by atoms with E-state index in [-0.39, 0.29) is 5.41 Å². The van der Waals surface area contributed by atoms with E-state index in [4.69, 9.17) is 0 Å². The van der Waals surface area contributed by atoms with Crippen molar-refractivity contribution in [3.05, 3.63) is 33.9 Å². The van der Waals surface area contributed by atoms with E-state index in [1.54, 1.807) is 0 Å². The highest BCUT2D eigenvalue weighted by Crippen LogP contribution is 2.38. The number of hydrogen-bond donors (Lipinski definition) is 0. The fourth-order valence-electron chi connectivity index (χ4n) is 1.90. The Morgan fingerprint density at radius 1 is 0.714 bits per heavy atom. The molecule has 0 heterocycles. The molecular weight excluding hydrogens is 168 g/mol. The highest BCUT2D eigenvalue weighted by Gasteiger charge is 2.20. The van der Waals surface area contributed by atoms with E-state index < -0.39 is 0 Å². The first-order chi connectivity index (χ1) is 6.24. The van der Waals surface area contributed by atoms with Gasteiger partial charge in [0.05, 0.1) is 0 Å². The zero-order valence-electron chi connectivity index (χ0n) is 10.6. The molecule has 1 aliphatic rings. The largest absolute Gasteiger partial charge is 0.0713 e. The molecule has 0 aromatic rings. The molecule has 0 amide bonds. The Bertz CT molecular complexity index is 315. The molecule has 14 heavy (non-hydrogen) atoms. The summed E-state index contributed by atoms with van der Waals surface area (Å²) in [6.45, 7) is 15.7. The van der Waals surface area contributed by atoms with E-state index >= 15 is 0 Å². The van der Waals surface area contributed by atoms with E-state index in [1.165, 1.54) is 27.9 Å². The minimum absolute atomic E-state index is 0.267. The van der Waals surface area contributed by atoms with Crippen LogP contribution in [-0.2, 0) is 0 Å². The van der Waals surface area contributed by atoms with Crippen LogP contribution in [0.15, 0.2) is 33.9 Å². The molecule has 0 atom stereocenters. The standard InChI is InChI=1S/C14H22/c1-9-10(2)12(4)13(11(9)3)8-14(5,6)7/h8H,1-7H3. The summed E-state index contributed by atoms with van der Waals surface area (Å²) in [6, 6.07) is 0. The Hall–Kier alpha value is -0.780. The molecule has 0 aromatic carbocycles.